The predicted octanol–water partition coefficient (Wildman–Crippen LogP) is 3.22. The number of hydrogen-bond donors (Lipinski definition) is 0. The van der Waals surface area contributed by atoms with Crippen LogP contribution in [0.4, 0.5) is 13.2 Å². The molecule has 0 fully saturated rings. The molecule has 4 heteroatoms. The smallest absolute Gasteiger partial charge is 0.252 e. The van der Waals surface area contributed by atoms with Gasteiger partial charge < -0.3 is 0 Å². The average Bonchev–Trinajstić information content (AvgIpc) is 2.03. The van der Waals surface area contributed by atoms with Gasteiger partial charge in [0.05, 0.1) is 0 Å². The number of alkyl halides is 3. The predicted molar refractivity (Wildman–Crippen MR) is 43.3 cm³/mol. The van der Waals surface area contributed by atoms with Gasteiger partial charge in [-0.05, 0) is 17.5 Å². The first-order chi connectivity index (χ1) is 5.93. The fourth-order valence-corrected chi connectivity index (χ4v) is 1.12. The Labute approximate surface area is 74.6 Å². The second-order valence-corrected chi connectivity index (χ2v) is 3.09. The molecule has 0 aromatic carbocycles. The first-order valence-electron chi connectivity index (χ1n) is 3.95. The van der Waals surface area contributed by atoms with E-state index in [9.17, 15) is 13.2 Å². The van der Waals surface area contributed by atoms with E-state index < -0.39 is 11.9 Å². The molecule has 1 aromatic rings. The van der Waals surface area contributed by atoms with Crippen molar-refractivity contribution in [3.63, 3.8) is 0 Å². The molecule has 13 heavy (non-hydrogen) atoms. The van der Waals surface area contributed by atoms with Gasteiger partial charge in [-0.15, -0.1) is 0 Å². The van der Waals surface area contributed by atoms with E-state index in [2.05, 4.69) is 4.98 Å². The largest absolute Gasteiger partial charge is 0.433 e. The Hall–Kier alpha value is -1.06. The van der Waals surface area contributed by atoms with Crippen molar-refractivity contribution in [3.05, 3.63) is 29.6 Å². The van der Waals surface area contributed by atoms with Gasteiger partial charge >= 0.3 is 6.18 Å². The molecule has 1 nitrogen and oxygen atoms in total. The topological polar surface area (TPSA) is 12.9 Å². The van der Waals surface area contributed by atoms with Gasteiger partial charge in [-0.1, -0.05) is 19.9 Å². The van der Waals surface area contributed by atoms with Crippen LogP contribution in [0.3, 0.4) is 0 Å². The molecule has 0 saturated heterocycles. The van der Waals surface area contributed by atoms with Gasteiger partial charge in [0.2, 0.25) is 0 Å². The number of rotatable bonds is 1. The zero-order chi connectivity index (χ0) is 10.1. The monoisotopic (exact) mass is 189 g/mol. The van der Waals surface area contributed by atoms with Crippen LogP contribution in [-0.2, 0) is 6.18 Å². The summed E-state index contributed by atoms with van der Waals surface area (Å²) in [5, 5.41) is 0. The first-order valence-corrected chi connectivity index (χ1v) is 3.95. The molecular weight excluding hydrogens is 179 g/mol. The summed E-state index contributed by atoms with van der Waals surface area (Å²) in [4.78, 5) is 3.35. The molecule has 1 rings (SSSR count). The van der Waals surface area contributed by atoms with Gasteiger partial charge in [-0.3, -0.25) is 4.98 Å². The molecule has 0 aliphatic rings. The van der Waals surface area contributed by atoms with Crippen LogP contribution in [0.1, 0.15) is 31.0 Å². The van der Waals surface area contributed by atoms with Crippen molar-refractivity contribution in [2.45, 2.75) is 25.9 Å². The minimum Gasteiger partial charge on any atom is -0.252 e. The molecule has 0 saturated carbocycles. The molecule has 0 amide bonds. The molecular formula is C9H10F3N. The lowest BCUT2D eigenvalue weighted by Crippen LogP contribution is -2.12. The zero-order valence-electron chi connectivity index (χ0n) is 7.39. The maximum absolute atomic E-state index is 12.3. The van der Waals surface area contributed by atoms with E-state index in [-0.39, 0.29) is 11.5 Å². The highest BCUT2D eigenvalue weighted by Crippen LogP contribution is 2.32. The Morgan fingerprint density at radius 1 is 1.31 bits per heavy atom. The van der Waals surface area contributed by atoms with Gasteiger partial charge in [0.1, 0.15) is 5.69 Å². The lowest BCUT2D eigenvalue weighted by Gasteiger charge is -2.13. The second-order valence-electron chi connectivity index (χ2n) is 3.09. The highest BCUT2D eigenvalue weighted by molar-refractivity contribution is 5.25. The van der Waals surface area contributed by atoms with Crippen molar-refractivity contribution in [1.82, 2.24) is 4.98 Å². The first kappa shape index (κ1) is 10.0. The Kier molecular flexibility index (Phi) is 2.59. The molecule has 72 valence electrons. The lowest BCUT2D eigenvalue weighted by atomic mass is 10.0. The highest BCUT2D eigenvalue weighted by atomic mass is 19.4. The minimum atomic E-state index is -4.35. The lowest BCUT2D eigenvalue weighted by molar-refractivity contribution is -0.142. The minimum absolute atomic E-state index is 0.162. The third kappa shape index (κ3) is 2.20. The van der Waals surface area contributed by atoms with Crippen LogP contribution >= 0.6 is 0 Å². The number of pyridine rings is 1. The van der Waals surface area contributed by atoms with Crippen molar-refractivity contribution in [2.24, 2.45) is 0 Å². The van der Waals surface area contributed by atoms with Crippen LogP contribution in [0, 0.1) is 0 Å². The number of nitrogens with zero attached hydrogens (tertiary/aromatic N) is 1. The molecule has 0 radical (unpaired) electrons. The van der Waals surface area contributed by atoms with Crippen LogP contribution in [0.5, 0.6) is 0 Å². The van der Waals surface area contributed by atoms with E-state index in [4.69, 9.17) is 0 Å². The van der Waals surface area contributed by atoms with Gasteiger partial charge in [0, 0.05) is 6.20 Å². The Balaban J connectivity index is 3.20. The molecule has 0 bridgehead atoms. The Bertz CT molecular complexity index is 291. The molecule has 1 aromatic heterocycles. The third-order valence-electron chi connectivity index (χ3n) is 1.73. The van der Waals surface area contributed by atoms with Gasteiger partial charge in [-0.25, -0.2) is 0 Å². The molecule has 0 aliphatic heterocycles. The summed E-state index contributed by atoms with van der Waals surface area (Å²) in [7, 11) is 0. The van der Waals surface area contributed by atoms with Crippen molar-refractivity contribution >= 4 is 0 Å². The Morgan fingerprint density at radius 2 is 1.92 bits per heavy atom. The quantitative estimate of drug-likeness (QED) is 0.660. The summed E-state index contributed by atoms with van der Waals surface area (Å²) in [6, 6.07) is 2.98. The van der Waals surface area contributed by atoms with Gasteiger partial charge in [0.15, 0.2) is 0 Å². The molecule has 1 heterocycles. The van der Waals surface area contributed by atoms with Crippen molar-refractivity contribution in [1.29, 1.82) is 0 Å². The van der Waals surface area contributed by atoms with E-state index >= 15 is 0 Å². The summed E-state index contributed by atoms with van der Waals surface area (Å²) in [6.07, 6.45) is -3.18. The normalized spacial score (nSPS) is 12.2. The van der Waals surface area contributed by atoms with E-state index in [0.717, 1.165) is 6.20 Å². The van der Waals surface area contributed by atoms with Crippen LogP contribution in [0.15, 0.2) is 18.3 Å². The molecule has 0 unspecified atom stereocenters. The molecule has 0 spiro atoms. The highest BCUT2D eigenvalue weighted by Gasteiger charge is 2.35. The summed E-state index contributed by atoms with van der Waals surface area (Å²) >= 11 is 0. The van der Waals surface area contributed by atoms with Crippen LogP contribution in [-0.4, -0.2) is 4.98 Å². The molecule has 0 atom stereocenters. The van der Waals surface area contributed by atoms with E-state index in [1.807, 2.05) is 0 Å². The van der Waals surface area contributed by atoms with E-state index in [1.54, 1.807) is 13.8 Å². The maximum atomic E-state index is 12.3. The number of halogens is 3. The van der Waals surface area contributed by atoms with Crippen molar-refractivity contribution < 1.29 is 13.2 Å². The number of hydrogen-bond acceptors (Lipinski definition) is 1. The standard InChI is InChI=1S/C9H10F3N/c1-6(2)7-4-3-5-13-8(7)9(10,11)12/h3-6H,1-2H3. The van der Waals surface area contributed by atoms with Crippen LogP contribution in [0.25, 0.3) is 0 Å². The van der Waals surface area contributed by atoms with E-state index in [1.165, 1.54) is 12.1 Å². The molecule has 0 N–H and O–H groups in total. The van der Waals surface area contributed by atoms with Gasteiger partial charge in [0.25, 0.3) is 0 Å². The average molecular weight is 189 g/mol. The van der Waals surface area contributed by atoms with Crippen molar-refractivity contribution in [2.75, 3.05) is 0 Å². The fourth-order valence-electron chi connectivity index (χ4n) is 1.12. The summed E-state index contributed by atoms with van der Waals surface area (Å²) in [5.74, 6) is -0.162. The van der Waals surface area contributed by atoms with Crippen LogP contribution < -0.4 is 0 Å². The second kappa shape index (κ2) is 3.36. The summed E-state index contributed by atoms with van der Waals surface area (Å²) in [5.41, 5.74) is -0.528. The SMILES string of the molecule is CC(C)c1cccnc1C(F)(F)F. The van der Waals surface area contributed by atoms with Crippen LogP contribution in [0.2, 0.25) is 0 Å². The van der Waals surface area contributed by atoms with Gasteiger partial charge in [-0.2, -0.15) is 13.2 Å². The third-order valence-corrected chi connectivity index (χ3v) is 1.73. The Morgan fingerprint density at radius 3 is 2.31 bits per heavy atom. The number of aromatic nitrogens is 1. The van der Waals surface area contributed by atoms with Crippen molar-refractivity contribution in [3.8, 4) is 0 Å². The van der Waals surface area contributed by atoms with E-state index in [0.29, 0.717) is 0 Å². The summed E-state index contributed by atoms with van der Waals surface area (Å²) in [6.45, 7) is 3.43. The fraction of sp³-hybridized carbons (Fsp3) is 0.444. The molecule has 0 aliphatic carbocycles. The summed E-state index contributed by atoms with van der Waals surface area (Å²) < 4.78 is 37.0. The maximum Gasteiger partial charge on any atom is 0.433 e. The zero-order valence-corrected chi connectivity index (χ0v) is 7.39.